The number of nitrogens with zero attached hydrogens (tertiary/aromatic N) is 3. The molecule has 2 N–H and O–H groups in total. The summed E-state index contributed by atoms with van der Waals surface area (Å²) in [5.74, 6) is 2.17. The van der Waals surface area contributed by atoms with E-state index in [4.69, 9.17) is 17.3 Å². The molecule has 1 unspecified atom stereocenters. The number of urea groups is 1. The van der Waals surface area contributed by atoms with Crippen LogP contribution in [0.1, 0.15) is 75.5 Å². The van der Waals surface area contributed by atoms with Crippen molar-refractivity contribution in [2.24, 2.45) is 23.5 Å². The second-order valence-electron chi connectivity index (χ2n) is 12.0. The van der Waals surface area contributed by atoms with Crippen LogP contribution in [0.3, 0.4) is 0 Å². The van der Waals surface area contributed by atoms with Crippen LogP contribution in [0.4, 0.5) is 4.79 Å². The van der Waals surface area contributed by atoms with E-state index >= 15 is 0 Å². The molecule has 3 heterocycles. The van der Waals surface area contributed by atoms with Crippen LogP contribution in [0.5, 0.6) is 0 Å². The first-order chi connectivity index (χ1) is 18.3. The molecule has 0 spiro atoms. The molecule has 1 aromatic rings. The number of carbonyl (C=O) groups excluding carboxylic acids is 2. The Morgan fingerprint density at radius 1 is 0.921 bits per heavy atom. The smallest absolute Gasteiger partial charge is 0.314 e. The molecule has 208 valence electrons. The van der Waals surface area contributed by atoms with E-state index in [9.17, 15) is 9.59 Å². The molecule has 3 saturated heterocycles. The summed E-state index contributed by atoms with van der Waals surface area (Å²) >= 11 is 10.2. The summed E-state index contributed by atoms with van der Waals surface area (Å²) in [6.45, 7) is 7.68. The molecule has 3 amide bonds. The fourth-order valence-corrected chi connectivity index (χ4v) is 7.96. The van der Waals surface area contributed by atoms with Gasteiger partial charge in [0.05, 0.1) is 11.1 Å². The number of piperidine rings is 3. The molecule has 38 heavy (non-hydrogen) atoms. The molecule has 0 bridgehead atoms. The van der Waals surface area contributed by atoms with Crippen LogP contribution in [-0.4, -0.2) is 65.9 Å². The van der Waals surface area contributed by atoms with Gasteiger partial charge < -0.3 is 15.5 Å². The lowest BCUT2D eigenvalue weighted by atomic mass is 9.78. The number of fused-ring (bicyclic) bond motifs is 1. The molecule has 1 aromatic carbocycles. The number of primary amides is 1. The van der Waals surface area contributed by atoms with E-state index in [1.807, 2.05) is 6.07 Å². The SMILES string of the molecule is CC1=CC(N2CCC(C3CCN(C(=O)CC4CCN(C(N)=O)CC4)CC3)CC2)c2ccc(Cl)c(Br)c2CC1. The van der Waals surface area contributed by atoms with E-state index in [0.717, 1.165) is 86.0 Å². The quantitative estimate of drug-likeness (QED) is 0.418. The third-order valence-corrected chi connectivity index (χ3v) is 11.1. The molecule has 4 aliphatic rings. The van der Waals surface area contributed by atoms with Crippen LogP contribution in [-0.2, 0) is 11.2 Å². The largest absolute Gasteiger partial charge is 0.351 e. The Hall–Kier alpha value is -1.57. The molecule has 0 aromatic heterocycles. The number of amides is 3. The van der Waals surface area contributed by atoms with Crippen molar-refractivity contribution in [1.82, 2.24) is 14.7 Å². The van der Waals surface area contributed by atoms with E-state index < -0.39 is 0 Å². The number of hydrogen-bond donors (Lipinski definition) is 1. The first-order valence-electron chi connectivity index (χ1n) is 14.5. The Kier molecular flexibility index (Phi) is 9.06. The van der Waals surface area contributed by atoms with Crippen LogP contribution in [0.15, 0.2) is 28.3 Å². The van der Waals surface area contributed by atoms with Gasteiger partial charge in [0, 0.05) is 37.1 Å². The monoisotopic (exact) mass is 604 g/mol. The average Bonchev–Trinajstić information content (AvgIpc) is 3.10. The van der Waals surface area contributed by atoms with Gasteiger partial charge in [-0.25, -0.2) is 4.79 Å². The van der Waals surface area contributed by atoms with Crippen molar-refractivity contribution in [2.45, 2.75) is 70.8 Å². The molecule has 8 heteroatoms. The number of allylic oxidation sites excluding steroid dienone is 1. The number of likely N-dealkylation sites (tertiary alicyclic amines) is 3. The van der Waals surface area contributed by atoms with Gasteiger partial charge in [-0.3, -0.25) is 9.69 Å². The molecule has 1 atom stereocenters. The maximum absolute atomic E-state index is 13.0. The predicted octanol–water partition coefficient (Wildman–Crippen LogP) is 6.17. The lowest BCUT2D eigenvalue weighted by Crippen LogP contribution is -2.45. The lowest BCUT2D eigenvalue weighted by Gasteiger charge is -2.42. The van der Waals surface area contributed by atoms with Crippen LogP contribution >= 0.6 is 27.5 Å². The average molecular weight is 606 g/mol. The summed E-state index contributed by atoms with van der Waals surface area (Å²) in [6.07, 6.45) is 11.7. The zero-order chi connectivity index (χ0) is 26.8. The van der Waals surface area contributed by atoms with Crippen molar-refractivity contribution in [3.05, 3.63) is 44.4 Å². The molecular weight excluding hydrogens is 564 g/mol. The van der Waals surface area contributed by atoms with Gasteiger partial charge in [0.1, 0.15) is 0 Å². The van der Waals surface area contributed by atoms with Gasteiger partial charge >= 0.3 is 6.03 Å². The predicted molar refractivity (Wildman–Crippen MR) is 156 cm³/mol. The van der Waals surface area contributed by atoms with Gasteiger partial charge in [0.25, 0.3) is 0 Å². The number of carbonyl (C=O) groups is 2. The van der Waals surface area contributed by atoms with Crippen molar-refractivity contribution in [3.8, 4) is 0 Å². The second kappa shape index (κ2) is 12.3. The van der Waals surface area contributed by atoms with Crippen molar-refractivity contribution in [1.29, 1.82) is 0 Å². The highest BCUT2D eigenvalue weighted by Crippen LogP contribution is 2.41. The summed E-state index contributed by atoms with van der Waals surface area (Å²) < 4.78 is 1.07. The number of benzene rings is 1. The first kappa shape index (κ1) is 28.0. The number of hydrogen-bond acceptors (Lipinski definition) is 3. The maximum Gasteiger partial charge on any atom is 0.314 e. The van der Waals surface area contributed by atoms with Crippen LogP contribution in [0, 0.1) is 17.8 Å². The number of halogens is 2. The molecule has 5 rings (SSSR count). The molecular formula is C30H42BrClN4O2. The lowest BCUT2D eigenvalue weighted by molar-refractivity contribution is -0.134. The number of rotatable bonds is 4. The molecule has 0 radical (unpaired) electrons. The summed E-state index contributed by atoms with van der Waals surface area (Å²) in [5.41, 5.74) is 9.63. The van der Waals surface area contributed by atoms with Gasteiger partial charge in [-0.2, -0.15) is 0 Å². The highest BCUT2D eigenvalue weighted by Gasteiger charge is 2.34. The topological polar surface area (TPSA) is 69.9 Å². The van der Waals surface area contributed by atoms with Gasteiger partial charge in [-0.05, 0) is 122 Å². The Bertz CT molecular complexity index is 1050. The molecule has 6 nitrogen and oxygen atoms in total. The zero-order valence-corrected chi connectivity index (χ0v) is 25.0. The minimum absolute atomic E-state index is 0.302. The van der Waals surface area contributed by atoms with Gasteiger partial charge in [-0.1, -0.05) is 29.3 Å². The van der Waals surface area contributed by atoms with Crippen LogP contribution < -0.4 is 5.73 Å². The van der Waals surface area contributed by atoms with E-state index in [1.54, 1.807) is 4.90 Å². The minimum atomic E-state index is -0.341. The third-order valence-electron chi connectivity index (χ3n) is 9.68. The van der Waals surface area contributed by atoms with Gasteiger partial charge in [0.15, 0.2) is 0 Å². The van der Waals surface area contributed by atoms with Crippen molar-refractivity contribution >= 4 is 39.5 Å². The van der Waals surface area contributed by atoms with Crippen LogP contribution in [0.2, 0.25) is 5.02 Å². The highest BCUT2D eigenvalue weighted by molar-refractivity contribution is 9.10. The second-order valence-corrected chi connectivity index (χ2v) is 13.2. The molecule has 3 fully saturated rings. The van der Waals surface area contributed by atoms with E-state index in [1.165, 1.54) is 29.5 Å². The Morgan fingerprint density at radius 3 is 2.16 bits per heavy atom. The molecule has 0 saturated carbocycles. The van der Waals surface area contributed by atoms with Gasteiger partial charge in [0.2, 0.25) is 5.91 Å². The highest BCUT2D eigenvalue weighted by atomic mass is 79.9. The molecule has 1 aliphatic carbocycles. The summed E-state index contributed by atoms with van der Waals surface area (Å²) in [6, 6.07) is 4.27. The Labute approximate surface area is 241 Å². The summed E-state index contributed by atoms with van der Waals surface area (Å²) in [7, 11) is 0. The van der Waals surface area contributed by atoms with E-state index in [2.05, 4.69) is 44.8 Å². The minimum Gasteiger partial charge on any atom is -0.351 e. The maximum atomic E-state index is 13.0. The molecule has 3 aliphatic heterocycles. The van der Waals surface area contributed by atoms with Crippen LogP contribution in [0.25, 0.3) is 0 Å². The van der Waals surface area contributed by atoms with Crippen molar-refractivity contribution in [3.63, 3.8) is 0 Å². The fourth-order valence-electron chi connectivity index (χ4n) is 7.23. The van der Waals surface area contributed by atoms with E-state index in [-0.39, 0.29) is 6.03 Å². The standard InChI is InChI=1S/C30H42BrClN4O2/c1-20-2-3-25-24(4-5-26(32)29(25)31)27(18-20)34-14-8-22(9-15-34)23-10-16-35(17-11-23)28(37)19-21-6-12-36(13-7-21)30(33)38/h4-5,18,21-23,27H,2-3,6-17,19H2,1H3,(H2,33,38). The zero-order valence-electron chi connectivity index (χ0n) is 22.6. The Morgan fingerprint density at radius 2 is 1.53 bits per heavy atom. The van der Waals surface area contributed by atoms with Gasteiger partial charge in [-0.15, -0.1) is 0 Å². The van der Waals surface area contributed by atoms with Crippen molar-refractivity contribution in [2.75, 3.05) is 39.3 Å². The Balaban J connectivity index is 1.11. The van der Waals surface area contributed by atoms with E-state index in [0.29, 0.717) is 37.4 Å². The first-order valence-corrected chi connectivity index (χ1v) is 15.7. The normalized spacial score (nSPS) is 24.6. The number of nitrogens with two attached hydrogens (primary N) is 1. The van der Waals surface area contributed by atoms with Crippen molar-refractivity contribution < 1.29 is 9.59 Å². The summed E-state index contributed by atoms with van der Waals surface area (Å²) in [5, 5.41) is 0.805. The third kappa shape index (κ3) is 6.26. The summed E-state index contributed by atoms with van der Waals surface area (Å²) in [4.78, 5) is 30.8. The fraction of sp³-hybridized carbons (Fsp3) is 0.667.